The molecule has 0 saturated carbocycles. The Hall–Kier alpha value is -3.39. The Bertz CT molecular complexity index is 994. The monoisotopic (exact) mass is 482 g/mol. The smallest absolute Gasteiger partial charge is 0.407 e. The summed E-state index contributed by atoms with van der Waals surface area (Å²) in [5.74, 6) is -1.61. The molecule has 0 bridgehead atoms. The molecule has 1 aliphatic rings. The molecule has 0 aliphatic heterocycles. The molecule has 0 aromatic heterocycles. The van der Waals surface area contributed by atoms with Gasteiger partial charge >= 0.3 is 12.1 Å². The van der Waals surface area contributed by atoms with Crippen molar-refractivity contribution in [3.63, 3.8) is 0 Å². The number of fused-ring (bicyclic) bond motifs is 3. The summed E-state index contributed by atoms with van der Waals surface area (Å²) >= 11 is 0. The van der Waals surface area contributed by atoms with Crippen molar-refractivity contribution >= 4 is 18.0 Å². The summed E-state index contributed by atoms with van der Waals surface area (Å²) in [6.45, 7) is 3.69. The minimum Gasteiger partial charge on any atom is -0.481 e. The Morgan fingerprint density at radius 3 is 2.14 bits per heavy atom. The van der Waals surface area contributed by atoms with Gasteiger partial charge in [-0.05, 0) is 42.0 Å². The maximum Gasteiger partial charge on any atom is 0.407 e. The van der Waals surface area contributed by atoms with E-state index in [1.165, 1.54) is 7.11 Å². The Morgan fingerprint density at radius 1 is 0.971 bits per heavy atom. The van der Waals surface area contributed by atoms with E-state index >= 15 is 0 Å². The molecule has 3 unspecified atom stereocenters. The third-order valence-corrected chi connectivity index (χ3v) is 6.44. The van der Waals surface area contributed by atoms with E-state index in [1.807, 2.05) is 31.2 Å². The first-order valence-corrected chi connectivity index (χ1v) is 12.0. The van der Waals surface area contributed by atoms with Gasteiger partial charge in [0.1, 0.15) is 6.61 Å². The lowest BCUT2D eigenvalue weighted by atomic mass is 9.98. The van der Waals surface area contributed by atoms with Crippen LogP contribution in [0.1, 0.15) is 50.2 Å². The second kappa shape index (κ2) is 12.4. The van der Waals surface area contributed by atoms with Crippen molar-refractivity contribution < 1.29 is 29.0 Å². The summed E-state index contributed by atoms with van der Waals surface area (Å²) in [4.78, 5) is 35.8. The fourth-order valence-electron chi connectivity index (χ4n) is 4.37. The highest BCUT2D eigenvalue weighted by atomic mass is 16.5. The summed E-state index contributed by atoms with van der Waals surface area (Å²) < 4.78 is 10.8. The van der Waals surface area contributed by atoms with E-state index in [4.69, 9.17) is 14.6 Å². The number of carboxylic acids is 1. The van der Waals surface area contributed by atoms with Gasteiger partial charge in [-0.3, -0.25) is 9.59 Å². The fourth-order valence-corrected chi connectivity index (χ4v) is 4.37. The van der Waals surface area contributed by atoms with Gasteiger partial charge in [0.2, 0.25) is 0 Å². The molecular weight excluding hydrogens is 448 g/mol. The van der Waals surface area contributed by atoms with Crippen LogP contribution in [0.25, 0.3) is 11.1 Å². The summed E-state index contributed by atoms with van der Waals surface area (Å²) in [7, 11) is 1.41. The maximum atomic E-state index is 12.5. The molecule has 2 amide bonds. The van der Waals surface area contributed by atoms with Crippen LogP contribution in [0.15, 0.2) is 48.5 Å². The number of amides is 2. The number of ether oxygens (including phenoxy) is 2. The number of carbonyl (C=O) groups excluding carboxylic acids is 2. The molecule has 3 N–H and O–H groups in total. The summed E-state index contributed by atoms with van der Waals surface area (Å²) in [6.07, 6.45) is 0.407. The summed E-state index contributed by atoms with van der Waals surface area (Å²) in [5, 5.41) is 14.4. The topological polar surface area (TPSA) is 114 Å². The van der Waals surface area contributed by atoms with Gasteiger partial charge in [-0.25, -0.2) is 4.79 Å². The van der Waals surface area contributed by atoms with Crippen molar-refractivity contribution in [2.24, 2.45) is 5.92 Å². The van der Waals surface area contributed by atoms with E-state index in [0.29, 0.717) is 19.3 Å². The molecular formula is C27H34N2O6. The first-order chi connectivity index (χ1) is 16.8. The van der Waals surface area contributed by atoms with Gasteiger partial charge in [0.25, 0.3) is 5.91 Å². The molecule has 2 aromatic rings. The molecule has 2 aromatic carbocycles. The third-order valence-electron chi connectivity index (χ3n) is 6.44. The predicted octanol–water partition coefficient (Wildman–Crippen LogP) is 3.94. The number of hydrogen-bond acceptors (Lipinski definition) is 5. The summed E-state index contributed by atoms with van der Waals surface area (Å²) in [6, 6.07) is 16.1. The molecule has 3 atom stereocenters. The second-order valence-electron chi connectivity index (χ2n) is 9.01. The first-order valence-electron chi connectivity index (χ1n) is 12.0. The molecule has 0 fully saturated rings. The van der Waals surface area contributed by atoms with Crippen LogP contribution >= 0.6 is 0 Å². The van der Waals surface area contributed by atoms with E-state index in [1.54, 1.807) is 6.92 Å². The molecule has 35 heavy (non-hydrogen) atoms. The molecule has 1 aliphatic carbocycles. The summed E-state index contributed by atoms with van der Waals surface area (Å²) in [5.41, 5.74) is 4.56. The number of benzene rings is 2. The van der Waals surface area contributed by atoms with Crippen molar-refractivity contribution in [1.29, 1.82) is 0 Å². The van der Waals surface area contributed by atoms with Crippen molar-refractivity contribution in [1.82, 2.24) is 10.6 Å². The number of alkyl carbamates (subject to hydrolysis) is 1. The first kappa shape index (κ1) is 26.2. The molecule has 3 rings (SSSR count). The van der Waals surface area contributed by atoms with Crippen molar-refractivity contribution in [3.05, 3.63) is 59.7 Å². The lowest BCUT2D eigenvalue weighted by Crippen LogP contribution is -2.46. The molecule has 0 spiro atoms. The van der Waals surface area contributed by atoms with Gasteiger partial charge in [0, 0.05) is 19.1 Å². The number of hydrogen-bond donors (Lipinski definition) is 3. The van der Waals surface area contributed by atoms with E-state index in [9.17, 15) is 14.4 Å². The predicted molar refractivity (Wildman–Crippen MR) is 132 cm³/mol. The van der Waals surface area contributed by atoms with Crippen LogP contribution in [0.2, 0.25) is 0 Å². The third kappa shape index (κ3) is 6.82. The Labute approximate surface area is 206 Å². The number of aliphatic carboxylic acids is 1. The van der Waals surface area contributed by atoms with E-state index in [-0.39, 0.29) is 31.0 Å². The van der Waals surface area contributed by atoms with Gasteiger partial charge in [0.15, 0.2) is 6.10 Å². The normalized spacial score (nSPS) is 14.8. The van der Waals surface area contributed by atoms with Crippen molar-refractivity contribution in [2.45, 2.75) is 51.2 Å². The van der Waals surface area contributed by atoms with Crippen LogP contribution < -0.4 is 10.6 Å². The van der Waals surface area contributed by atoms with Crippen LogP contribution in [0.3, 0.4) is 0 Å². The Morgan fingerprint density at radius 2 is 1.57 bits per heavy atom. The second-order valence-corrected chi connectivity index (χ2v) is 9.01. The van der Waals surface area contributed by atoms with Gasteiger partial charge < -0.3 is 25.2 Å². The van der Waals surface area contributed by atoms with Gasteiger partial charge in [-0.15, -0.1) is 0 Å². The quantitative estimate of drug-likeness (QED) is 0.422. The molecule has 188 valence electrons. The number of methoxy groups -OCH3 is 1. The highest BCUT2D eigenvalue weighted by Gasteiger charge is 2.29. The lowest BCUT2D eigenvalue weighted by Gasteiger charge is -2.20. The van der Waals surface area contributed by atoms with E-state index in [2.05, 4.69) is 34.9 Å². The van der Waals surface area contributed by atoms with Crippen LogP contribution in [-0.4, -0.2) is 55.5 Å². The Balaban J connectivity index is 1.45. The van der Waals surface area contributed by atoms with Crippen LogP contribution in [0, 0.1) is 5.92 Å². The lowest BCUT2D eigenvalue weighted by molar-refractivity contribution is -0.141. The highest BCUT2D eigenvalue weighted by molar-refractivity contribution is 5.82. The van der Waals surface area contributed by atoms with Crippen LogP contribution in [0.5, 0.6) is 0 Å². The molecule has 0 radical (unpaired) electrons. The van der Waals surface area contributed by atoms with Crippen LogP contribution in [-0.2, 0) is 19.1 Å². The van der Waals surface area contributed by atoms with Crippen LogP contribution in [0.4, 0.5) is 4.79 Å². The van der Waals surface area contributed by atoms with Gasteiger partial charge in [0.05, 0.1) is 12.5 Å². The number of carbonyl (C=O) groups is 3. The zero-order chi connectivity index (χ0) is 25.4. The molecule has 8 heteroatoms. The number of carboxylic acid groups (broad SMARTS) is 1. The largest absolute Gasteiger partial charge is 0.481 e. The van der Waals surface area contributed by atoms with E-state index < -0.39 is 24.1 Å². The highest BCUT2D eigenvalue weighted by Crippen LogP contribution is 2.44. The van der Waals surface area contributed by atoms with Gasteiger partial charge in [-0.2, -0.15) is 0 Å². The molecule has 8 nitrogen and oxygen atoms in total. The zero-order valence-electron chi connectivity index (χ0n) is 20.5. The standard InChI is InChI=1S/C27H34N2O6/c1-17(26(31)32)9-8-10-18(2)29-25(30)24(34-3)15-28-27(33)35-16-23-21-13-6-4-11-19(21)20-12-5-7-14-22(20)23/h4-7,11-14,17-18,23-24H,8-10,15-16H2,1-3H3,(H,28,33)(H,29,30)(H,31,32). The van der Waals surface area contributed by atoms with Crippen molar-refractivity contribution in [2.75, 3.05) is 20.3 Å². The minimum atomic E-state index is -0.865. The minimum absolute atomic E-state index is 0.0260. The fraction of sp³-hybridized carbons (Fsp3) is 0.444. The van der Waals surface area contributed by atoms with Crippen molar-refractivity contribution in [3.8, 4) is 11.1 Å². The molecule has 0 heterocycles. The van der Waals surface area contributed by atoms with Gasteiger partial charge in [-0.1, -0.05) is 61.9 Å². The number of rotatable bonds is 12. The maximum absolute atomic E-state index is 12.5. The zero-order valence-corrected chi connectivity index (χ0v) is 20.5. The van der Waals surface area contributed by atoms with E-state index in [0.717, 1.165) is 22.3 Å². The Kier molecular flexibility index (Phi) is 9.25. The average Bonchev–Trinajstić information content (AvgIpc) is 3.16. The average molecular weight is 483 g/mol. The molecule has 0 saturated heterocycles. The number of nitrogens with one attached hydrogen (secondary N) is 2. The SMILES string of the molecule is COC(CNC(=O)OCC1c2ccccc2-c2ccccc21)C(=O)NC(C)CCCC(C)C(=O)O.